The van der Waals surface area contributed by atoms with E-state index in [1.54, 1.807) is 11.6 Å². The van der Waals surface area contributed by atoms with Gasteiger partial charge in [0.2, 0.25) is 5.95 Å². The lowest BCUT2D eigenvalue weighted by Gasteiger charge is -2.19. The van der Waals surface area contributed by atoms with Crippen LogP contribution in [0.15, 0.2) is 6.33 Å². The van der Waals surface area contributed by atoms with Crippen LogP contribution in [-0.4, -0.2) is 55.6 Å². The number of aliphatic hydroxyl groups excluding tert-OH is 2. The SMILES string of the molecule is CNNc1nc2c(N)ncnc2n1C1OC(CO)[C@@H](C)[C@H]1O. The molecule has 0 amide bonds. The van der Waals surface area contributed by atoms with E-state index in [2.05, 4.69) is 25.8 Å². The van der Waals surface area contributed by atoms with Crippen LogP contribution < -0.4 is 16.6 Å². The smallest absolute Gasteiger partial charge is 0.222 e. The van der Waals surface area contributed by atoms with Gasteiger partial charge in [-0.2, -0.15) is 0 Å². The van der Waals surface area contributed by atoms with Crippen molar-refractivity contribution in [3.63, 3.8) is 0 Å². The maximum absolute atomic E-state index is 10.4. The summed E-state index contributed by atoms with van der Waals surface area (Å²) in [6.07, 6.45) is -0.683. The van der Waals surface area contributed by atoms with Crippen molar-refractivity contribution in [3.05, 3.63) is 6.33 Å². The number of imidazole rings is 1. The highest BCUT2D eigenvalue weighted by atomic mass is 16.5. The third kappa shape index (κ3) is 2.16. The average molecular weight is 309 g/mol. The molecule has 4 atom stereocenters. The molecule has 22 heavy (non-hydrogen) atoms. The monoisotopic (exact) mass is 309 g/mol. The largest absolute Gasteiger partial charge is 0.394 e. The lowest BCUT2D eigenvalue weighted by Crippen LogP contribution is -2.27. The molecule has 0 bridgehead atoms. The second kappa shape index (κ2) is 5.65. The fraction of sp³-hybridized carbons (Fsp3) is 0.583. The summed E-state index contributed by atoms with van der Waals surface area (Å²) in [5.74, 6) is 0.399. The van der Waals surface area contributed by atoms with Crippen molar-refractivity contribution in [1.29, 1.82) is 0 Å². The van der Waals surface area contributed by atoms with E-state index in [1.165, 1.54) is 6.33 Å². The summed E-state index contributed by atoms with van der Waals surface area (Å²) in [4.78, 5) is 12.4. The third-order valence-corrected chi connectivity index (χ3v) is 3.91. The summed E-state index contributed by atoms with van der Waals surface area (Å²) in [5, 5.41) is 19.8. The molecule has 2 aromatic heterocycles. The van der Waals surface area contributed by atoms with Crippen LogP contribution in [0, 0.1) is 5.92 Å². The Morgan fingerprint density at radius 3 is 2.86 bits per heavy atom. The van der Waals surface area contributed by atoms with E-state index in [1.807, 2.05) is 6.92 Å². The molecule has 1 fully saturated rings. The Morgan fingerprint density at radius 2 is 2.23 bits per heavy atom. The Bertz CT molecular complexity index is 676. The van der Waals surface area contributed by atoms with Crippen molar-refractivity contribution in [2.24, 2.45) is 5.92 Å². The summed E-state index contributed by atoms with van der Waals surface area (Å²) in [5.41, 5.74) is 12.3. The molecule has 10 nitrogen and oxygen atoms in total. The zero-order chi connectivity index (χ0) is 15.9. The Morgan fingerprint density at radius 1 is 1.45 bits per heavy atom. The topological polar surface area (TPSA) is 143 Å². The predicted octanol–water partition coefficient (Wildman–Crippen LogP) is -1.16. The first-order chi connectivity index (χ1) is 10.6. The molecule has 3 rings (SSSR count). The van der Waals surface area contributed by atoms with E-state index in [0.29, 0.717) is 17.1 Å². The van der Waals surface area contributed by atoms with E-state index in [0.717, 1.165) is 0 Å². The van der Waals surface area contributed by atoms with Gasteiger partial charge in [0, 0.05) is 13.0 Å². The van der Waals surface area contributed by atoms with Crippen LogP contribution >= 0.6 is 0 Å². The van der Waals surface area contributed by atoms with Gasteiger partial charge in [-0.25, -0.2) is 20.4 Å². The summed E-state index contributed by atoms with van der Waals surface area (Å²) in [6.45, 7) is 1.65. The number of ether oxygens (including phenoxy) is 1. The number of hydrogen-bond donors (Lipinski definition) is 5. The first kappa shape index (κ1) is 14.9. The van der Waals surface area contributed by atoms with Crippen molar-refractivity contribution in [2.45, 2.75) is 25.4 Å². The first-order valence-corrected chi connectivity index (χ1v) is 6.94. The summed E-state index contributed by atoms with van der Waals surface area (Å²) >= 11 is 0. The molecule has 0 radical (unpaired) electrons. The van der Waals surface area contributed by atoms with Gasteiger partial charge in [0.25, 0.3) is 0 Å². The second-order valence-electron chi connectivity index (χ2n) is 5.21. The highest BCUT2D eigenvalue weighted by molar-refractivity contribution is 5.84. The summed E-state index contributed by atoms with van der Waals surface area (Å²) < 4.78 is 7.38. The molecule has 0 aliphatic carbocycles. The first-order valence-electron chi connectivity index (χ1n) is 6.94. The molecule has 1 aliphatic heterocycles. The molecular formula is C12H19N7O3. The maximum atomic E-state index is 10.4. The van der Waals surface area contributed by atoms with Crippen LogP contribution in [0.1, 0.15) is 13.2 Å². The molecule has 3 heterocycles. The van der Waals surface area contributed by atoms with Crippen LogP contribution in [0.5, 0.6) is 0 Å². The van der Waals surface area contributed by atoms with Gasteiger partial charge < -0.3 is 20.7 Å². The van der Waals surface area contributed by atoms with E-state index in [-0.39, 0.29) is 18.3 Å². The molecule has 0 aromatic carbocycles. The Balaban J connectivity index is 2.13. The Labute approximate surface area is 126 Å². The Kier molecular flexibility index (Phi) is 3.83. The van der Waals surface area contributed by atoms with Crippen LogP contribution in [0.4, 0.5) is 11.8 Å². The zero-order valence-electron chi connectivity index (χ0n) is 12.3. The normalized spacial score (nSPS) is 28.4. The lowest BCUT2D eigenvalue weighted by atomic mass is 10.0. The number of rotatable bonds is 4. The van der Waals surface area contributed by atoms with Gasteiger partial charge >= 0.3 is 0 Å². The van der Waals surface area contributed by atoms with Gasteiger partial charge in [0.1, 0.15) is 12.4 Å². The number of hydrazine groups is 1. The molecule has 2 unspecified atom stereocenters. The highest BCUT2D eigenvalue weighted by Crippen LogP contribution is 2.37. The number of nitrogen functional groups attached to an aromatic ring is 1. The number of aromatic nitrogens is 4. The van der Waals surface area contributed by atoms with Gasteiger partial charge in [0.15, 0.2) is 23.2 Å². The van der Waals surface area contributed by atoms with Crippen molar-refractivity contribution in [2.75, 3.05) is 24.8 Å². The number of nitrogens with one attached hydrogen (secondary N) is 2. The summed E-state index contributed by atoms with van der Waals surface area (Å²) in [6, 6.07) is 0. The number of aliphatic hydroxyl groups is 2. The van der Waals surface area contributed by atoms with E-state index >= 15 is 0 Å². The minimum atomic E-state index is -0.817. The minimum absolute atomic E-state index is 0.173. The number of hydrogen-bond acceptors (Lipinski definition) is 9. The third-order valence-electron chi connectivity index (χ3n) is 3.91. The average Bonchev–Trinajstić information content (AvgIpc) is 3.00. The van der Waals surface area contributed by atoms with Gasteiger partial charge in [-0.3, -0.25) is 9.99 Å². The van der Waals surface area contributed by atoms with E-state index < -0.39 is 18.4 Å². The standard InChI is InChI=1S/C12H19N7O3/c1-5-6(3-20)22-11(8(5)21)19-10-7(9(13)15-4-16-10)17-12(19)18-14-2/h4-6,8,11,14,20-21H,3H2,1-2H3,(H,17,18)(H2,13,15,16)/t5-,6?,8-,11?/m1/s1. The zero-order valence-corrected chi connectivity index (χ0v) is 12.3. The van der Waals surface area contributed by atoms with Gasteiger partial charge in [-0.05, 0) is 0 Å². The van der Waals surface area contributed by atoms with Crippen molar-refractivity contribution < 1.29 is 14.9 Å². The maximum Gasteiger partial charge on any atom is 0.222 e. The molecule has 1 saturated heterocycles. The number of fused-ring (bicyclic) bond motifs is 1. The van der Waals surface area contributed by atoms with Crippen LogP contribution in [0.2, 0.25) is 0 Å². The number of nitrogens with zero attached hydrogens (tertiary/aromatic N) is 4. The molecule has 1 aliphatic rings. The quantitative estimate of drug-likeness (QED) is 0.442. The summed E-state index contributed by atoms with van der Waals surface area (Å²) in [7, 11) is 1.68. The fourth-order valence-corrected chi connectivity index (χ4v) is 2.65. The fourth-order valence-electron chi connectivity index (χ4n) is 2.65. The van der Waals surface area contributed by atoms with Crippen molar-refractivity contribution >= 4 is 22.9 Å². The molecular weight excluding hydrogens is 290 g/mol. The van der Waals surface area contributed by atoms with Crippen LogP contribution in [0.3, 0.4) is 0 Å². The van der Waals surface area contributed by atoms with E-state index in [4.69, 9.17) is 10.5 Å². The van der Waals surface area contributed by atoms with Gasteiger partial charge in [-0.1, -0.05) is 6.92 Å². The van der Waals surface area contributed by atoms with Crippen molar-refractivity contribution in [3.8, 4) is 0 Å². The predicted molar refractivity (Wildman–Crippen MR) is 78.6 cm³/mol. The molecule has 10 heteroatoms. The molecule has 6 N–H and O–H groups in total. The van der Waals surface area contributed by atoms with E-state index in [9.17, 15) is 10.2 Å². The molecule has 0 saturated carbocycles. The van der Waals surface area contributed by atoms with Crippen LogP contribution in [0.25, 0.3) is 11.2 Å². The second-order valence-corrected chi connectivity index (χ2v) is 5.21. The van der Waals surface area contributed by atoms with Gasteiger partial charge in [0.05, 0.1) is 12.7 Å². The minimum Gasteiger partial charge on any atom is -0.394 e. The van der Waals surface area contributed by atoms with Crippen molar-refractivity contribution in [1.82, 2.24) is 24.9 Å². The Hall–Kier alpha value is -2.01. The highest BCUT2D eigenvalue weighted by Gasteiger charge is 2.43. The molecule has 120 valence electrons. The van der Waals surface area contributed by atoms with Gasteiger partial charge in [-0.15, -0.1) is 0 Å². The lowest BCUT2D eigenvalue weighted by molar-refractivity contribution is -0.0481. The number of anilines is 2. The molecule has 2 aromatic rings. The molecule has 0 spiro atoms. The number of nitrogens with two attached hydrogens (primary N) is 1. The van der Waals surface area contributed by atoms with Crippen LogP contribution in [-0.2, 0) is 4.74 Å².